The summed E-state index contributed by atoms with van der Waals surface area (Å²) in [7, 11) is 0. The Morgan fingerprint density at radius 1 is 1.38 bits per heavy atom. The van der Waals surface area contributed by atoms with Crippen LogP contribution in [0.3, 0.4) is 0 Å². The number of benzene rings is 1. The molecule has 1 aromatic rings. The maximum Gasteiger partial charge on any atom is 0.246 e. The number of likely N-dealkylation sites (tertiary alicyclic amines) is 1. The zero-order valence-electron chi connectivity index (χ0n) is 8.77. The van der Waals surface area contributed by atoms with Crippen LogP contribution in [0.4, 0.5) is 0 Å². The summed E-state index contributed by atoms with van der Waals surface area (Å²) in [6, 6.07) is 7.48. The fourth-order valence-electron chi connectivity index (χ4n) is 1.54. The topological polar surface area (TPSA) is 46.3 Å². The lowest BCUT2D eigenvalue weighted by Crippen LogP contribution is -2.57. The SMILES string of the molecule is NC1CN(C(=O)C=Cc2ccc(Cl)cc2)C1. The van der Waals surface area contributed by atoms with Crippen LogP contribution in [-0.2, 0) is 4.79 Å². The van der Waals surface area contributed by atoms with E-state index in [0.717, 1.165) is 5.56 Å². The van der Waals surface area contributed by atoms with Gasteiger partial charge in [-0.2, -0.15) is 0 Å². The molecule has 0 aromatic heterocycles. The van der Waals surface area contributed by atoms with Crippen LogP contribution in [0.5, 0.6) is 0 Å². The van der Waals surface area contributed by atoms with Crippen molar-refractivity contribution in [1.29, 1.82) is 0 Å². The first-order valence-electron chi connectivity index (χ1n) is 5.13. The van der Waals surface area contributed by atoms with Crippen molar-refractivity contribution >= 4 is 23.6 Å². The largest absolute Gasteiger partial charge is 0.336 e. The lowest BCUT2D eigenvalue weighted by molar-refractivity contribution is -0.130. The van der Waals surface area contributed by atoms with Crippen molar-refractivity contribution in [3.63, 3.8) is 0 Å². The molecule has 0 bridgehead atoms. The first-order chi connectivity index (χ1) is 7.65. The minimum atomic E-state index is 0.0108. The number of carbonyl (C=O) groups is 1. The fraction of sp³-hybridized carbons (Fsp3) is 0.250. The fourth-order valence-corrected chi connectivity index (χ4v) is 1.67. The maximum atomic E-state index is 11.6. The van der Waals surface area contributed by atoms with Gasteiger partial charge in [-0.25, -0.2) is 0 Å². The summed E-state index contributed by atoms with van der Waals surface area (Å²) in [4.78, 5) is 13.3. The monoisotopic (exact) mass is 236 g/mol. The van der Waals surface area contributed by atoms with Crippen LogP contribution in [0, 0.1) is 0 Å². The van der Waals surface area contributed by atoms with Crippen molar-refractivity contribution in [3.05, 3.63) is 40.9 Å². The summed E-state index contributed by atoms with van der Waals surface area (Å²) < 4.78 is 0. The van der Waals surface area contributed by atoms with Crippen LogP contribution in [0.15, 0.2) is 30.3 Å². The Morgan fingerprint density at radius 2 is 2.00 bits per heavy atom. The van der Waals surface area contributed by atoms with Gasteiger partial charge in [0.2, 0.25) is 5.91 Å². The number of hydrogen-bond donors (Lipinski definition) is 1. The molecule has 1 fully saturated rings. The first kappa shape index (κ1) is 11.2. The summed E-state index contributed by atoms with van der Waals surface area (Å²) >= 11 is 5.76. The third kappa shape index (κ3) is 2.62. The minimum absolute atomic E-state index is 0.0108. The summed E-state index contributed by atoms with van der Waals surface area (Å²) in [5, 5.41) is 0.692. The Bertz CT molecular complexity index is 408. The van der Waals surface area contributed by atoms with E-state index in [-0.39, 0.29) is 11.9 Å². The van der Waals surface area contributed by atoms with E-state index in [0.29, 0.717) is 18.1 Å². The van der Waals surface area contributed by atoms with Crippen LogP contribution in [-0.4, -0.2) is 29.9 Å². The highest BCUT2D eigenvalue weighted by molar-refractivity contribution is 6.30. The van der Waals surface area contributed by atoms with E-state index < -0.39 is 0 Å². The number of rotatable bonds is 2. The molecule has 1 aliphatic heterocycles. The number of halogens is 1. The van der Waals surface area contributed by atoms with Crippen LogP contribution in [0.1, 0.15) is 5.56 Å². The molecule has 3 nitrogen and oxygen atoms in total. The van der Waals surface area contributed by atoms with E-state index in [1.54, 1.807) is 29.2 Å². The molecule has 1 aromatic carbocycles. The highest BCUT2D eigenvalue weighted by atomic mass is 35.5. The van der Waals surface area contributed by atoms with Crippen molar-refractivity contribution in [2.24, 2.45) is 5.73 Å². The van der Waals surface area contributed by atoms with Gasteiger partial charge in [0.15, 0.2) is 0 Å². The van der Waals surface area contributed by atoms with Gasteiger partial charge in [-0.3, -0.25) is 4.79 Å². The molecule has 2 rings (SSSR count). The zero-order valence-corrected chi connectivity index (χ0v) is 9.52. The van der Waals surface area contributed by atoms with E-state index in [4.69, 9.17) is 17.3 Å². The van der Waals surface area contributed by atoms with E-state index in [1.807, 2.05) is 12.1 Å². The number of nitrogens with two attached hydrogens (primary N) is 1. The average molecular weight is 237 g/mol. The van der Waals surface area contributed by atoms with Crippen LogP contribution < -0.4 is 5.73 Å². The van der Waals surface area contributed by atoms with E-state index in [1.165, 1.54) is 0 Å². The Labute approximate surface area is 99.5 Å². The molecule has 0 aliphatic carbocycles. The number of carbonyl (C=O) groups excluding carboxylic acids is 1. The Morgan fingerprint density at radius 3 is 2.56 bits per heavy atom. The second-order valence-corrected chi connectivity index (χ2v) is 4.32. The van der Waals surface area contributed by atoms with Gasteiger partial charge in [-0.1, -0.05) is 23.7 Å². The molecule has 2 N–H and O–H groups in total. The third-order valence-electron chi connectivity index (χ3n) is 2.51. The lowest BCUT2D eigenvalue weighted by Gasteiger charge is -2.36. The molecule has 4 heteroatoms. The predicted molar refractivity (Wildman–Crippen MR) is 65.0 cm³/mol. The van der Waals surface area contributed by atoms with Crippen molar-refractivity contribution in [2.75, 3.05) is 13.1 Å². The van der Waals surface area contributed by atoms with Crippen LogP contribution >= 0.6 is 11.6 Å². The third-order valence-corrected chi connectivity index (χ3v) is 2.76. The molecule has 0 atom stereocenters. The van der Waals surface area contributed by atoms with Gasteiger partial charge in [0, 0.05) is 30.2 Å². The molecule has 1 saturated heterocycles. The quantitative estimate of drug-likeness (QED) is 0.792. The molecule has 84 valence electrons. The van der Waals surface area contributed by atoms with E-state index in [2.05, 4.69) is 0 Å². The molecule has 1 aliphatic rings. The summed E-state index contributed by atoms with van der Waals surface area (Å²) in [6.07, 6.45) is 3.34. The molecule has 1 amide bonds. The summed E-state index contributed by atoms with van der Waals surface area (Å²) in [6.45, 7) is 1.31. The highest BCUT2D eigenvalue weighted by Crippen LogP contribution is 2.11. The van der Waals surface area contributed by atoms with Gasteiger partial charge in [-0.05, 0) is 23.8 Å². The van der Waals surface area contributed by atoms with Crippen LogP contribution in [0.25, 0.3) is 6.08 Å². The zero-order chi connectivity index (χ0) is 11.5. The normalized spacial score (nSPS) is 16.5. The molecular formula is C12H13ClN2O. The number of nitrogens with zero attached hydrogens (tertiary/aromatic N) is 1. The minimum Gasteiger partial charge on any atom is -0.336 e. The number of hydrogen-bond acceptors (Lipinski definition) is 2. The first-order valence-corrected chi connectivity index (χ1v) is 5.51. The smallest absolute Gasteiger partial charge is 0.246 e. The lowest BCUT2D eigenvalue weighted by atomic mass is 10.1. The van der Waals surface area contributed by atoms with E-state index in [9.17, 15) is 4.79 Å². The Kier molecular flexibility index (Phi) is 3.27. The highest BCUT2D eigenvalue weighted by Gasteiger charge is 2.25. The summed E-state index contributed by atoms with van der Waals surface area (Å²) in [5.41, 5.74) is 6.56. The molecule has 16 heavy (non-hydrogen) atoms. The maximum absolute atomic E-state index is 11.6. The van der Waals surface area contributed by atoms with Crippen molar-refractivity contribution in [1.82, 2.24) is 4.90 Å². The van der Waals surface area contributed by atoms with Crippen molar-refractivity contribution < 1.29 is 4.79 Å². The predicted octanol–water partition coefficient (Wildman–Crippen LogP) is 1.52. The summed E-state index contributed by atoms with van der Waals surface area (Å²) in [5.74, 6) is 0.0108. The molecule has 0 saturated carbocycles. The van der Waals surface area contributed by atoms with Gasteiger partial charge in [0.05, 0.1) is 0 Å². The molecular weight excluding hydrogens is 224 g/mol. The van der Waals surface area contributed by atoms with Gasteiger partial charge in [-0.15, -0.1) is 0 Å². The molecule has 0 radical (unpaired) electrons. The van der Waals surface area contributed by atoms with E-state index >= 15 is 0 Å². The molecule has 0 spiro atoms. The Balaban J connectivity index is 1.93. The van der Waals surface area contributed by atoms with Gasteiger partial charge < -0.3 is 10.6 Å². The second kappa shape index (κ2) is 4.68. The van der Waals surface area contributed by atoms with Gasteiger partial charge in [0.25, 0.3) is 0 Å². The van der Waals surface area contributed by atoms with Gasteiger partial charge in [0.1, 0.15) is 0 Å². The van der Waals surface area contributed by atoms with Crippen molar-refractivity contribution in [3.8, 4) is 0 Å². The second-order valence-electron chi connectivity index (χ2n) is 3.89. The molecule has 0 unspecified atom stereocenters. The van der Waals surface area contributed by atoms with Gasteiger partial charge >= 0.3 is 0 Å². The Hall–Kier alpha value is -1.32. The standard InChI is InChI=1S/C12H13ClN2O/c13-10-4-1-9(2-5-10)3-6-12(16)15-7-11(14)8-15/h1-6,11H,7-8,14H2. The van der Waals surface area contributed by atoms with Crippen LogP contribution in [0.2, 0.25) is 5.02 Å². The molecule has 1 heterocycles. The number of amides is 1. The van der Waals surface area contributed by atoms with Crippen molar-refractivity contribution in [2.45, 2.75) is 6.04 Å². The average Bonchev–Trinajstić information content (AvgIpc) is 2.24.